The maximum atomic E-state index is 12.8. The molecular weight excluding hydrogens is 352 g/mol. The van der Waals surface area contributed by atoms with Gasteiger partial charge in [0.15, 0.2) is 11.6 Å². The summed E-state index contributed by atoms with van der Waals surface area (Å²) in [6.45, 7) is 4.23. The standard InChI is InChI=1S/C16H17BrO5/c1-6(18)13-7-9-8(13)11-12(15(13)19-2-3-20-15)10(7)14(9,17)16(11)21-4-5-22-16/h7-12H,2-5H2,1H3/t7-,8-,9+,10-,11-,12+,13-,14-/m0/s1. The van der Waals surface area contributed by atoms with Crippen LogP contribution in [0.3, 0.4) is 0 Å². The zero-order valence-electron chi connectivity index (χ0n) is 12.2. The molecule has 2 saturated heterocycles. The van der Waals surface area contributed by atoms with Crippen LogP contribution in [0.4, 0.5) is 0 Å². The van der Waals surface area contributed by atoms with Crippen molar-refractivity contribution in [1.29, 1.82) is 0 Å². The molecule has 8 aliphatic rings. The van der Waals surface area contributed by atoms with Crippen molar-refractivity contribution in [2.75, 3.05) is 26.4 Å². The molecule has 0 N–H and O–H groups in total. The lowest BCUT2D eigenvalue weighted by molar-refractivity contribution is -0.282. The largest absolute Gasteiger partial charge is 0.346 e. The second kappa shape index (κ2) is 2.99. The number of rotatable bonds is 1. The van der Waals surface area contributed by atoms with Crippen molar-refractivity contribution in [3.05, 3.63) is 0 Å². The van der Waals surface area contributed by atoms with Crippen molar-refractivity contribution in [3.63, 3.8) is 0 Å². The highest BCUT2D eigenvalue weighted by Crippen LogP contribution is 3.01. The van der Waals surface area contributed by atoms with Gasteiger partial charge in [0, 0.05) is 11.8 Å². The zero-order valence-corrected chi connectivity index (χ0v) is 13.8. The van der Waals surface area contributed by atoms with Gasteiger partial charge in [0.2, 0.25) is 0 Å². The highest BCUT2D eigenvalue weighted by atomic mass is 79.9. The Morgan fingerprint density at radius 2 is 1.27 bits per heavy atom. The second-order valence-electron chi connectivity index (χ2n) is 8.08. The lowest BCUT2D eigenvalue weighted by Crippen LogP contribution is -2.77. The summed E-state index contributed by atoms with van der Waals surface area (Å²) in [5.74, 6) is 1.01. The van der Waals surface area contributed by atoms with E-state index >= 15 is 0 Å². The Hall–Kier alpha value is -0.0100. The lowest BCUT2D eigenvalue weighted by Gasteiger charge is -2.70. The number of carbonyl (C=O) groups is 1. The molecule has 2 aliphatic heterocycles. The summed E-state index contributed by atoms with van der Waals surface area (Å²) in [7, 11) is 0. The van der Waals surface area contributed by atoms with Crippen LogP contribution in [0.2, 0.25) is 0 Å². The van der Waals surface area contributed by atoms with Crippen LogP contribution in [0.5, 0.6) is 0 Å². The van der Waals surface area contributed by atoms with Gasteiger partial charge in [-0.1, -0.05) is 15.9 Å². The second-order valence-corrected chi connectivity index (χ2v) is 9.39. The molecule has 0 amide bonds. The number of carbonyl (C=O) groups excluding carboxylic acids is 1. The summed E-state index contributed by atoms with van der Waals surface area (Å²) in [5.41, 5.74) is -0.440. The molecule has 8 rings (SSSR count). The predicted octanol–water partition coefficient (Wildman–Crippen LogP) is 0.947. The summed E-state index contributed by atoms with van der Waals surface area (Å²) in [4.78, 5) is 12.8. The SMILES string of the molecule is CC(=O)[C@]12[C@@H]3[C@H]4[C@H]([C@@H]5[C@@H]1[C@@H]3[C@@]4(Br)C51OCCO1)C21OCCO1. The highest BCUT2D eigenvalue weighted by molar-refractivity contribution is 9.10. The van der Waals surface area contributed by atoms with Crippen molar-refractivity contribution >= 4 is 21.7 Å². The van der Waals surface area contributed by atoms with Gasteiger partial charge in [-0.2, -0.15) is 0 Å². The number of hydrogen-bond acceptors (Lipinski definition) is 5. The first kappa shape index (κ1) is 12.4. The maximum absolute atomic E-state index is 12.8. The van der Waals surface area contributed by atoms with E-state index in [-0.39, 0.29) is 21.9 Å². The Morgan fingerprint density at radius 3 is 1.86 bits per heavy atom. The fourth-order valence-corrected chi connectivity index (χ4v) is 10.2. The van der Waals surface area contributed by atoms with Gasteiger partial charge in [-0.3, -0.25) is 4.79 Å². The Balaban J connectivity index is 1.54. The third-order valence-electron chi connectivity index (χ3n) is 8.35. The van der Waals surface area contributed by atoms with Crippen LogP contribution in [0.15, 0.2) is 0 Å². The molecule has 6 saturated carbocycles. The fourth-order valence-electron chi connectivity index (χ4n) is 8.55. The van der Waals surface area contributed by atoms with Crippen molar-refractivity contribution in [3.8, 4) is 0 Å². The molecule has 2 spiro atoms. The van der Waals surface area contributed by atoms with E-state index in [1.165, 1.54) is 0 Å². The van der Waals surface area contributed by atoms with E-state index in [4.69, 9.17) is 18.9 Å². The molecule has 8 atom stereocenters. The quantitative estimate of drug-likeness (QED) is 0.645. The highest BCUT2D eigenvalue weighted by Gasteiger charge is 3.09. The van der Waals surface area contributed by atoms with Crippen LogP contribution in [0.25, 0.3) is 0 Å². The van der Waals surface area contributed by atoms with Crippen molar-refractivity contribution in [1.82, 2.24) is 0 Å². The summed E-state index contributed by atoms with van der Waals surface area (Å²) in [6.07, 6.45) is 0. The van der Waals surface area contributed by atoms with Gasteiger partial charge >= 0.3 is 0 Å². The molecule has 0 unspecified atom stereocenters. The van der Waals surface area contributed by atoms with E-state index in [0.717, 1.165) is 0 Å². The first-order valence-electron chi connectivity index (χ1n) is 8.35. The van der Waals surface area contributed by atoms with E-state index in [1.54, 1.807) is 6.92 Å². The van der Waals surface area contributed by atoms with Crippen molar-refractivity contribution in [2.24, 2.45) is 40.9 Å². The summed E-state index contributed by atoms with van der Waals surface area (Å²) in [6, 6.07) is 0. The van der Waals surface area contributed by atoms with E-state index in [9.17, 15) is 4.79 Å². The summed E-state index contributed by atoms with van der Waals surface area (Å²) >= 11 is 4.05. The summed E-state index contributed by atoms with van der Waals surface area (Å²) < 4.78 is 24.8. The van der Waals surface area contributed by atoms with Gasteiger partial charge in [-0.05, 0) is 30.6 Å². The van der Waals surface area contributed by atoms with Crippen LogP contribution < -0.4 is 0 Å². The van der Waals surface area contributed by atoms with Gasteiger partial charge in [0.1, 0.15) is 5.78 Å². The summed E-state index contributed by atoms with van der Waals surface area (Å²) in [5, 5.41) is 0. The third-order valence-corrected chi connectivity index (χ3v) is 9.96. The molecule has 4 bridgehead atoms. The van der Waals surface area contributed by atoms with Crippen molar-refractivity contribution in [2.45, 2.75) is 22.8 Å². The Bertz CT molecular complexity index is 653. The van der Waals surface area contributed by atoms with Gasteiger partial charge in [0.25, 0.3) is 0 Å². The molecular formula is C16H17BrO5. The lowest BCUT2D eigenvalue weighted by atomic mass is 9.34. The minimum atomic E-state index is -0.700. The Labute approximate surface area is 136 Å². The number of Topliss-reactive ketones (excluding diaryl/α,β-unsaturated/α-hetero) is 1. The molecule has 6 heteroatoms. The van der Waals surface area contributed by atoms with Crippen LogP contribution in [-0.2, 0) is 23.7 Å². The fraction of sp³-hybridized carbons (Fsp3) is 0.938. The Morgan fingerprint density at radius 1 is 0.818 bits per heavy atom. The van der Waals surface area contributed by atoms with Crippen LogP contribution in [0, 0.1) is 40.9 Å². The minimum absolute atomic E-state index is 0.126. The van der Waals surface area contributed by atoms with E-state index in [0.29, 0.717) is 50.1 Å². The number of alkyl halides is 1. The molecule has 0 aromatic heterocycles. The van der Waals surface area contributed by atoms with Gasteiger partial charge < -0.3 is 18.9 Å². The number of ketones is 1. The van der Waals surface area contributed by atoms with Gasteiger partial charge in [-0.15, -0.1) is 0 Å². The van der Waals surface area contributed by atoms with Crippen LogP contribution in [-0.4, -0.2) is 48.1 Å². The van der Waals surface area contributed by atoms with Crippen LogP contribution in [0.1, 0.15) is 6.92 Å². The molecule has 0 aromatic rings. The smallest absolute Gasteiger partial charge is 0.188 e. The molecule has 2 heterocycles. The number of hydrogen-bond donors (Lipinski definition) is 0. The number of ether oxygens (including phenoxy) is 4. The van der Waals surface area contributed by atoms with E-state index in [1.807, 2.05) is 0 Å². The third kappa shape index (κ3) is 0.693. The first-order valence-corrected chi connectivity index (χ1v) is 9.14. The molecule has 118 valence electrons. The molecule has 0 aromatic carbocycles. The topological polar surface area (TPSA) is 54.0 Å². The zero-order chi connectivity index (χ0) is 14.7. The molecule has 6 aliphatic carbocycles. The van der Waals surface area contributed by atoms with E-state index in [2.05, 4.69) is 15.9 Å². The maximum Gasteiger partial charge on any atom is 0.188 e. The normalized spacial score (nSPS) is 65.5. The number of halogens is 1. The molecule has 8 fully saturated rings. The Kier molecular flexibility index (Phi) is 1.68. The molecule has 0 radical (unpaired) electrons. The first-order chi connectivity index (χ1) is 10.6. The minimum Gasteiger partial charge on any atom is -0.346 e. The predicted molar refractivity (Wildman–Crippen MR) is 75.0 cm³/mol. The molecule has 5 nitrogen and oxygen atoms in total. The van der Waals surface area contributed by atoms with E-state index < -0.39 is 17.0 Å². The average molecular weight is 369 g/mol. The monoisotopic (exact) mass is 368 g/mol. The van der Waals surface area contributed by atoms with Gasteiger partial charge in [0.05, 0.1) is 36.2 Å². The average Bonchev–Trinajstić information content (AvgIpc) is 3.23. The van der Waals surface area contributed by atoms with Gasteiger partial charge in [-0.25, -0.2) is 0 Å². The van der Waals surface area contributed by atoms with Crippen molar-refractivity contribution < 1.29 is 23.7 Å². The van der Waals surface area contributed by atoms with Crippen LogP contribution >= 0.6 is 15.9 Å². The molecule has 22 heavy (non-hydrogen) atoms.